The Kier molecular flexibility index (Phi) is 3.69. The lowest BCUT2D eigenvalue weighted by molar-refractivity contribution is -0.126. The third-order valence-corrected chi connectivity index (χ3v) is 4.72. The summed E-state index contributed by atoms with van der Waals surface area (Å²) in [4.78, 5) is 14.6. The second-order valence-electron chi connectivity index (χ2n) is 6.33. The molecule has 3 heteroatoms. The Morgan fingerprint density at radius 1 is 1.04 bits per heavy atom. The summed E-state index contributed by atoms with van der Waals surface area (Å²) in [5, 5.41) is 1.32. The average Bonchev–Trinajstić information content (AvgIpc) is 2.82. The van der Waals surface area contributed by atoms with E-state index in [4.69, 9.17) is 0 Å². The number of amides is 1. The number of hydrogen-bond acceptors (Lipinski definition) is 1. The van der Waals surface area contributed by atoms with Gasteiger partial charge in [0.2, 0.25) is 5.91 Å². The number of aryl methyl sites for hydroxylation is 1. The van der Waals surface area contributed by atoms with Crippen molar-refractivity contribution in [2.45, 2.75) is 13.0 Å². The Balaban J connectivity index is 1.60. The minimum absolute atomic E-state index is 0.0744. The van der Waals surface area contributed by atoms with Gasteiger partial charge in [-0.15, -0.1) is 0 Å². The van der Waals surface area contributed by atoms with Gasteiger partial charge in [-0.3, -0.25) is 4.79 Å². The zero-order chi connectivity index (χ0) is 16.5. The fraction of sp³-hybridized carbons (Fsp3) is 0.190. The van der Waals surface area contributed by atoms with Gasteiger partial charge in [-0.1, -0.05) is 42.5 Å². The van der Waals surface area contributed by atoms with E-state index in [9.17, 15) is 4.79 Å². The van der Waals surface area contributed by atoms with Crippen LogP contribution in [0.25, 0.3) is 17.0 Å². The first kappa shape index (κ1) is 14.8. The molecular weight excluding hydrogens is 296 g/mol. The van der Waals surface area contributed by atoms with E-state index in [-0.39, 0.29) is 5.91 Å². The summed E-state index contributed by atoms with van der Waals surface area (Å²) in [5.74, 6) is 0.0744. The molecule has 0 saturated carbocycles. The van der Waals surface area contributed by atoms with Gasteiger partial charge in [-0.2, -0.15) is 0 Å². The number of carbonyl (C=O) groups excluding carboxylic acids is 1. The van der Waals surface area contributed by atoms with Gasteiger partial charge in [0.15, 0.2) is 0 Å². The summed E-state index contributed by atoms with van der Waals surface area (Å²) >= 11 is 0. The molecule has 24 heavy (non-hydrogen) atoms. The van der Waals surface area contributed by atoms with Gasteiger partial charge < -0.3 is 9.47 Å². The summed E-state index contributed by atoms with van der Waals surface area (Å²) in [6.07, 6.45) is 6.67. The molecule has 1 amide bonds. The lowest BCUT2D eigenvalue weighted by Gasteiger charge is -2.19. The summed E-state index contributed by atoms with van der Waals surface area (Å²) in [6.45, 7) is 1.43. The van der Waals surface area contributed by atoms with Crippen molar-refractivity contribution in [1.29, 1.82) is 0 Å². The lowest BCUT2D eigenvalue weighted by Crippen LogP contribution is -2.29. The smallest absolute Gasteiger partial charge is 0.246 e. The standard InChI is InChI=1S/C21H20N2O/c1-22-14-18-12-13-23(15-17-8-5-9-19(22)21(17)18)20(24)11-10-16-6-3-2-4-7-16/h2-11,14H,12-13,15H2,1H3/b11-10+. The van der Waals surface area contributed by atoms with Crippen LogP contribution in [0.5, 0.6) is 0 Å². The topological polar surface area (TPSA) is 25.2 Å². The fourth-order valence-electron chi connectivity index (χ4n) is 3.51. The lowest BCUT2D eigenvalue weighted by atomic mass is 10.1. The molecule has 4 rings (SSSR count). The van der Waals surface area contributed by atoms with Crippen LogP contribution in [0.4, 0.5) is 0 Å². The van der Waals surface area contributed by atoms with Crippen molar-refractivity contribution in [3.63, 3.8) is 0 Å². The summed E-state index contributed by atoms with van der Waals surface area (Å²) in [5.41, 5.74) is 4.87. The van der Waals surface area contributed by atoms with E-state index in [1.165, 1.54) is 22.0 Å². The summed E-state index contributed by atoms with van der Waals surface area (Å²) in [7, 11) is 2.09. The van der Waals surface area contributed by atoms with Crippen LogP contribution in [-0.2, 0) is 24.8 Å². The Hall–Kier alpha value is -2.81. The van der Waals surface area contributed by atoms with Gasteiger partial charge in [0.1, 0.15) is 0 Å². The van der Waals surface area contributed by atoms with Crippen molar-refractivity contribution in [2.75, 3.05) is 6.54 Å². The molecule has 0 spiro atoms. The highest BCUT2D eigenvalue weighted by atomic mass is 16.2. The van der Waals surface area contributed by atoms with E-state index in [0.717, 1.165) is 18.5 Å². The second kappa shape index (κ2) is 6.00. The fourth-order valence-corrected chi connectivity index (χ4v) is 3.51. The van der Waals surface area contributed by atoms with Crippen LogP contribution in [0.3, 0.4) is 0 Å². The highest BCUT2D eigenvalue weighted by molar-refractivity contribution is 5.93. The Morgan fingerprint density at radius 2 is 1.88 bits per heavy atom. The minimum atomic E-state index is 0.0744. The summed E-state index contributed by atoms with van der Waals surface area (Å²) < 4.78 is 2.18. The molecule has 120 valence electrons. The largest absolute Gasteiger partial charge is 0.350 e. The van der Waals surface area contributed by atoms with Gasteiger partial charge in [0, 0.05) is 43.3 Å². The SMILES string of the molecule is Cn1cc2c3c(cccc31)CN(C(=O)/C=C/c1ccccc1)CC2. The predicted octanol–water partition coefficient (Wildman–Crippen LogP) is 3.78. The van der Waals surface area contributed by atoms with Gasteiger partial charge in [0.05, 0.1) is 0 Å². The van der Waals surface area contributed by atoms with E-state index in [1.807, 2.05) is 41.3 Å². The number of hydrogen-bond donors (Lipinski definition) is 0. The monoisotopic (exact) mass is 316 g/mol. The molecule has 3 aromatic rings. The van der Waals surface area contributed by atoms with Crippen molar-refractivity contribution in [1.82, 2.24) is 9.47 Å². The van der Waals surface area contributed by atoms with Gasteiger partial charge in [-0.05, 0) is 35.3 Å². The normalized spacial score (nSPS) is 14.3. The third kappa shape index (κ3) is 2.62. The molecule has 0 bridgehead atoms. The molecule has 1 aromatic heterocycles. The van der Waals surface area contributed by atoms with Crippen molar-refractivity contribution >= 4 is 22.9 Å². The highest BCUT2D eigenvalue weighted by Crippen LogP contribution is 2.28. The van der Waals surface area contributed by atoms with E-state index < -0.39 is 0 Å². The number of carbonyl (C=O) groups is 1. The zero-order valence-electron chi connectivity index (χ0n) is 13.8. The molecule has 0 aliphatic carbocycles. The Morgan fingerprint density at radius 3 is 2.71 bits per heavy atom. The van der Waals surface area contributed by atoms with E-state index >= 15 is 0 Å². The first-order valence-corrected chi connectivity index (χ1v) is 8.30. The van der Waals surface area contributed by atoms with Crippen LogP contribution >= 0.6 is 0 Å². The maximum absolute atomic E-state index is 12.6. The molecule has 2 aromatic carbocycles. The first-order chi connectivity index (χ1) is 11.7. The molecule has 3 nitrogen and oxygen atoms in total. The summed E-state index contributed by atoms with van der Waals surface area (Å²) in [6, 6.07) is 16.3. The Bertz CT molecular complexity index is 922. The molecule has 1 aliphatic heterocycles. The van der Waals surface area contributed by atoms with E-state index in [1.54, 1.807) is 6.08 Å². The third-order valence-electron chi connectivity index (χ3n) is 4.72. The maximum Gasteiger partial charge on any atom is 0.246 e. The van der Waals surface area contributed by atoms with Crippen molar-refractivity contribution in [2.24, 2.45) is 7.05 Å². The maximum atomic E-state index is 12.6. The number of nitrogens with zero attached hydrogens (tertiary/aromatic N) is 2. The molecule has 0 N–H and O–H groups in total. The molecule has 2 heterocycles. The van der Waals surface area contributed by atoms with Crippen LogP contribution in [0.15, 0.2) is 60.8 Å². The van der Waals surface area contributed by atoms with Crippen molar-refractivity contribution in [3.8, 4) is 0 Å². The van der Waals surface area contributed by atoms with Crippen LogP contribution in [0, 0.1) is 0 Å². The van der Waals surface area contributed by atoms with Crippen LogP contribution < -0.4 is 0 Å². The number of aromatic nitrogens is 1. The van der Waals surface area contributed by atoms with Gasteiger partial charge >= 0.3 is 0 Å². The zero-order valence-corrected chi connectivity index (χ0v) is 13.8. The van der Waals surface area contributed by atoms with Crippen LogP contribution in [0.2, 0.25) is 0 Å². The van der Waals surface area contributed by atoms with Crippen LogP contribution in [-0.4, -0.2) is 21.9 Å². The Labute approximate surface area is 141 Å². The quantitative estimate of drug-likeness (QED) is 0.661. The van der Waals surface area contributed by atoms with E-state index in [2.05, 4.69) is 36.0 Å². The molecule has 0 saturated heterocycles. The van der Waals surface area contributed by atoms with Crippen LogP contribution in [0.1, 0.15) is 16.7 Å². The number of rotatable bonds is 2. The van der Waals surface area contributed by atoms with Gasteiger partial charge in [0.25, 0.3) is 0 Å². The second-order valence-corrected chi connectivity index (χ2v) is 6.33. The molecule has 0 atom stereocenters. The average molecular weight is 316 g/mol. The molecule has 0 radical (unpaired) electrons. The van der Waals surface area contributed by atoms with Crippen molar-refractivity contribution < 1.29 is 4.79 Å². The van der Waals surface area contributed by atoms with E-state index in [0.29, 0.717) is 6.54 Å². The number of benzene rings is 2. The van der Waals surface area contributed by atoms with Gasteiger partial charge in [-0.25, -0.2) is 0 Å². The molecule has 0 unspecified atom stereocenters. The minimum Gasteiger partial charge on any atom is -0.350 e. The highest BCUT2D eigenvalue weighted by Gasteiger charge is 2.20. The van der Waals surface area contributed by atoms with Crippen molar-refractivity contribution in [3.05, 3.63) is 77.5 Å². The molecular formula is C21H20N2O. The predicted molar refractivity (Wildman–Crippen MR) is 97.5 cm³/mol. The molecule has 1 aliphatic rings. The molecule has 0 fully saturated rings. The first-order valence-electron chi connectivity index (χ1n) is 8.30.